The summed E-state index contributed by atoms with van der Waals surface area (Å²) in [6, 6.07) is 8.82. The molecule has 0 fully saturated rings. The molecule has 31 heavy (non-hydrogen) atoms. The number of amides is 1. The molecule has 0 saturated heterocycles. The molecular formula is C21H24Cl2N2O5S. The smallest absolute Gasteiger partial charge is 0.338 e. The molecule has 2 aromatic carbocycles. The Morgan fingerprint density at radius 2 is 1.74 bits per heavy atom. The van der Waals surface area contributed by atoms with Gasteiger partial charge in [-0.15, -0.1) is 0 Å². The van der Waals surface area contributed by atoms with Gasteiger partial charge in [-0.1, -0.05) is 43.1 Å². The lowest BCUT2D eigenvalue weighted by Gasteiger charge is -2.20. The van der Waals surface area contributed by atoms with Crippen LogP contribution < -0.4 is 5.32 Å². The minimum atomic E-state index is -3.76. The molecule has 0 saturated carbocycles. The van der Waals surface area contributed by atoms with Gasteiger partial charge in [0, 0.05) is 18.1 Å². The van der Waals surface area contributed by atoms with Gasteiger partial charge in [-0.25, -0.2) is 13.2 Å². The van der Waals surface area contributed by atoms with Crippen molar-refractivity contribution in [3.05, 3.63) is 57.6 Å². The van der Waals surface area contributed by atoms with E-state index in [2.05, 4.69) is 5.32 Å². The Hall–Kier alpha value is -2.13. The van der Waals surface area contributed by atoms with E-state index in [-0.39, 0.29) is 15.5 Å². The molecule has 0 aliphatic carbocycles. The van der Waals surface area contributed by atoms with E-state index in [9.17, 15) is 18.0 Å². The molecule has 168 valence electrons. The fraction of sp³-hybridized carbons (Fsp3) is 0.333. The predicted molar refractivity (Wildman–Crippen MR) is 121 cm³/mol. The Balaban J connectivity index is 2.19. The number of aryl methyl sites for hydroxylation is 1. The molecule has 0 aliphatic rings. The van der Waals surface area contributed by atoms with E-state index in [1.54, 1.807) is 26.8 Å². The fourth-order valence-corrected chi connectivity index (χ4v) is 4.98. The first-order valence-electron chi connectivity index (χ1n) is 9.58. The normalized spacial score (nSPS) is 12.5. The maximum atomic E-state index is 12.9. The van der Waals surface area contributed by atoms with Gasteiger partial charge in [0.25, 0.3) is 5.91 Å². The average molecular weight is 487 g/mol. The van der Waals surface area contributed by atoms with E-state index in [4.69, 9.17) is 27.9 Å². The number of ether oxygens (including phenoxy) is 1. The van der Waals surface area contributed by atoms with E-state index in [1.165, 1.54) is 41.6 Å². The monoisotopic (exact) mass is 486 g/mol. The van der Waals surface area contributed by atoms with Gasteiger partial charge in [0.1, 0.15) is 0 Å². The summed E-state index contributed by atoms with van der Waals surface area (Å²) < 4.78 is 32.3. The van der Waals surface area contributed by atoms with Gasteiger partial charge in [-0.3, -0.25) is 4.79 Å². The van der Waals surface area contributed by atoms with Gasteiger partial charge in [0.2, 0.25) is 10.0 Å². The van der Waals surface area contributed by atoms with Gasteiger partial charge in [0.05, 0.1) is 21.2 Å². The van der Waals surface area contributed by atoms with Crippen LogP contribution in [0.1, 0.15) is 36.7 Å². The van der Waals surface area contributed by atoms with Crippen molar-refractivity contribution >= 4 is 50.8 Å². The van der Waals surface area contributed by atoms with Gasteiger partial charge in [-0.2, -0.15) is 4.31 Å². The lowest BCUT2D eigenvalue weighted by molar-refractivity contribution is -0.123. The average Bonchev–Trinajstić information content (AvgIpc) is 2.70. The SMILES string of the molecule is CCN(CC)S(=O)(=O)c1cc(C(=O)O[C@H](C)C(=O)Nc2ccc(Cl)cc2Cl)ccc1C. The number of anilines is 1. The van der Waals surface area contributed by atoms with Crippen molar-refractivity contribution < 1.29 is 22.7 Å². The number of carbonyl (C=O) groups excluding carboxylic acids is 2. The summed E-state index contributed by atoms with van der Waals surface area (Å²) in [5.74, 6) is -1.42. The number of hydrogen-bond donors (Lipinski definition) is 1. The highest BCUT2D eigenvalue weighted by Crippen LogP contribution is 2.26. The Kier molecular flexibility index (Phi) is 8.48. The number of nitrogens with zero attached hydrogens (tertiary/aromatic N) is 1. The lowest BCUT2D eigenvalue weighted by Crippen LogP contribution is -2.32. The molecule has 1 N–H and O–H groups in total. The molecule has 0 aromatic heterocycles. The second-order valence-electron chi connectivity index (χ2n) is 6.73. The zero-order valence-corrected chi connectivity index (χ0v) is 19.9. The molecule has 0 bridgehead atoms. The van der Waals surface area contributed by atoms with Crippen LogP contribution in [0.3, 0.4) is 0 Å². The van der Waals surface area contributed by atoms with Crippen molar-refractivity contribution in [1.82, 2.24) is 4.31 Å². The molecule has 0 heterocycles. The minimum Gasteiger partial charge on any atom is -0.449 e. The molecule has 0 radical (unpaired) electrons. The van der Waals surface area contributed by atoms with Crippen molar-refractivity contribution in [1.29, 1.82) is 0 Å². The third kappa shape index (κ3) is 5.98. The zero-order valence-electron chi connectivity index (χ0n) is 17.6. The molecule has 10 heteroatoms. The van der Waals surface area contributed by atoms with Crippen molar-refractivity contribution in [3.8, 4) is 0 Å². The Bertz CT molecular complexity index is 1090. The third-order valence-corrected chi connectivity index (χ3v) is 7.33. The first-order chi connectivity index (χ1) is 14.5. The number of carbonyl (C=O) groups is 2. The molecule has 1 amide bonds. The van der Waals surface area contributed by atoms with Gasteiger partial charge < -0.3 is 10.1 Å². The molecule has 7 nitrogen and oxygen atoms in total. The molecule has 2 aromatic rings. The van der Waals surface area contributed by atoms with Crippen LogP contribution in [0.15, 0.2) is 41.3 Å². The van der Waals surface area contributed by atoms with E-state index >= 15 is 0 Å². The van der Waals surface area contributed by atoms with Crippen molar-refractivity contribution in [2.75, 3.05) is 18.4 Å². The summed E-state index contributed by atoms with van der Waals surface area (Å²) in [6.45, 7) is 7.13. The summed E-state index contributed by atoms with van der Waals surface area (Å²) in [5.41, 5.74) is 0.856. The maximum Gasteiger partial charge on any atom is 0.338 e. The van der Waals surface area contributed by atoms with E-state index in [0.29, 0.717) is 29.4 Å². The number of hydrogen-bond acceptors (Lipinski definition) is 5. The predicted octanol–water partition coefficient (Wildman–Crippen LogP) is 4.52. The van der Waals surface area contributed by atoms with E-state index in [1.807, 2.05) is 0 Å². The Morgan fingerprint density at radius 1 is 1.10 bits per heavy atom. The zero-order chi connectivity index (χ0) is 23.3. The van der Waals surface area contributed by atoms with Crippen molar-refractivity contribution in [3.63, 3.8) is 0 Å². The van der Waals surface area contributed by atoms with Crippen LogP contribution >= 0.6 is 23.2 Å². The summed E-state index contributed by atoms with van der Waals surface area (Å²) in [5, 5.41) is 3.21. The highest BCUT2D eigenvalue weighted by Gasteiger charge is 2.26. The molecular weight excluding hydrogens is 463 g/mol. The Morgan fingerprint density at radius 3 is 2.32 bits per heavy atom. The third-order valence-electron chi connectivity index (χ3n) is 4.59. The quantitative estimate of drug-likeness (QED) is 0.553. The number of rotatable bonds is 8. The summed E-state index contributed by atoms with van der Waals surface area (Å²) >= 11 is 11.9. The lowest BCUT2D eigenvalue weighted by atomic mass is 10.1. The van der Waals surface area contributed by atoms with Crippen LogP contribution in [-0.2, 0) is 19.6 Å². The summed E-state index contributed by atoms with van der Waals surface area (Å²) in [4.78, 5) is 25.0. The first kappa shape index (κ1) is 25.1. The summed E-state index contributed by atoms with van der Waals surface area (Å²) in [6.07, 6.45) is -1.15. The van der Waals surface area contributed by atoms with E-state index < -0.39 is 28.0 Å². The van der Waals surface area contributed by atoms with Crippen molar-refractivity contribution in [2.24, 2.45) is 0 Å². The number of benzene rings is 2. The highest BCUT2D eigenvalue weighted by molar-refractivity contribution is 7.89. The van der Waals surface area contributed by atoms with Gasteiger partial charge in [0.15, 0.2) is 6.10 Å². The van der Waals surface area contributed by atoms with Crippen LogP contribution in [0.2, 0.25) is 10.0 Å². The maximum absolute atomic E-state index is 12.9. The van der Waals surface area contributed by atoms with Crippen LogP contribution in [-0.4, -0.2) is 43.8 Å². The fourth-order valence-electron chi connectivity index (χ4n) is 2.81. The van der Waals surface area contributed by atoms with Gasteiger partial charge >= 0.3 is 5.97 Å². The van der Waals surface area contributed by atoms with Crippen LogP contribution in [0.4, 0.5) is 5.69 Å². The van der Waals surface area contributed by atoms with Crippen molar-refractivity contribution in [2.45, 2.75) is 38.7 Å². The largest absolute Gasteiger partial charge is 0.449 e. The molecule has 2 rings (SSSR count). The molecule has 1 atom stereocenters. The van der Waals surface area contributed by atoms with Crippen LogP contribution in [0.5, 0.6) is 0 Å². The molecule has 0 spiro atoms. The highest BCUT2D eigenvalue weighted by atomic mass is 35.5. The second kappa shape index (κ2) is 10.5. The second-order valence-corrected chi connectivity index (χ2v) is 9.48. The molecule has 0 unspecified atom stereocenters. The summed E-state index contributed by atoms with van der Waals surface area (Å²) in [7, 11) is -3.76. The number of halogens is 2. The molecule has 0 aliphatic heterocycles. The minimum absolute atomic E-state index is 0.0238. The topological polar surface area (TPSA) is 92.8 Å². The number of sulfonamides is 1. The Labute approximate surface area is 192 Å². The first-order valence-corrected chi connectivity index (χ1v) is 11.8. The number of esters is 1. The van der Waals surface area contributed by atoms with E-state index in [0.717, 1.165) is 0 Å². The van der Waals surface area contributed by atoms with Crippen LogP contribution in [0, 0.1) is 6.92 Å². The number of nitrogens with one attached hydrogen (secondary N) is 1. The van der Waals surface area contributed by atoms with Crippen LogP contribution in [0.25, 0.3) is 0 Å². The standard InChI is InChI=1S/C21H24Cl2N2O5S/c1-5-25(6-2)31(28,29)19-11-15(8-7-13(19)3)21(27)30-14(4)20(26)24-18-10-9-16(22)12-17(18)23/h7-12,14H,5-6H2,1-4H3,(H,24,26)/t14-/m1/s1. The van der Waals surface area contributed by atoms with Gasteiger partial charge in [-0.05, 0) is 49.7 Å².